The number of carbonyl (C=O) groups excluding carboxylic acids is 4. The van der Waals surface area contributed by atoms with E-state index in [1.165, 1.54) is 0 Å². The third-order valence-electron chi connectivity index (χ3n) is 3.38. The van der Waals surface area contributed by atoms with Crippen LogP contribution in [0.5, 0.6) is 0 Å². The summed E-state index contributed by atoms with van der Waals surface area (Å²) in [6, 6.07) is -6.58. The molecule has 15 heteroatoms. The molecule has 0 aliphatic carbocycles. The van der Waals surface area contributed by atoms with Crippen molar-refractivity contribution in [1.29, 1.82) is 0 Å². The maximum absolute atomic E-state index is 12.1. The van der Waals surface area contributed by atoms with Crippen LogP contribution >= 0.6 is 0 Å². The number of hydrogen-bond donors (Lipinski definition) is 9. The van der Waals surface area contributed by atoms with Gasteiger partial charge in [-0.15, -0.1) is 0 Å². The molecule has 164 valence electrons. The highest BCUT2D eigenvalue weighted by atomic mass is 16.4. The van der Waals surface area contributed by atoms with Gasteiger partial charge in [0.25, 0.3) is 0 Å². The van der Waals surface area contributed by atoms with Crippen LogP contribution in [-0.2, 0) is 28.8 Å². The average Bonchev–Trinajstić information content (AvgIpc) is 2.61. The minimum Gasteiger partial charge on any atom is -0.481 e. The summed E-state index contributed by atoms with van der Waals surface area (Å²) in [6.07, 6.45) is -1.49. The predicted molar refractivity (Wildman–Crippen MR) is 91.6 cm³/mol. The maximum atomic E-state index is 12.1. The van der Waals surface area contributed by atoms with Gasteiger partial charge in [-0.25, -0.2) is 4.79 Å². The first-order chi connectivity index (χ1) is 13.4. The van der Waals surface area contributed by atoms with E-state index in [-0.39, 0.29) is 0 Å². The fraction of sp³-hybridized carbons (Fsp3) is 0.571. The van der Waals surface area contributed by atoms with E-state index in [2.05, 4.69) is 0 Å². The van der Waals surface area contributed by atoms with Crippen molar-refractivity contribution in [2.24, 2.45) is 11.5 Å². The van der Waals surface area contributed by atoms with Crippen molar-refractivity contribution in [3.63, 3.8) is 0 Å². The van der Waals surface area contributed by atoms with Gasteiger partial charge >= 0.3 is 11.9 Å². The molecule has 0 aromatic heterocycles. The third kappa shape index (κ3) is 9.45. The Morgan fingerprint density at radius 1 is 0.724 bits per heavy atom. The molecule has 4 amide bonds. The predicted octanol–water partition coefficient (Wildman–Crippen LogP) is -5.81. The van der Waals surface area contributed by atoms with E-state index in [4.69, 9.17) is 21.7 Å². The van der Waals surface area contributed by atoms with Crippen LogP contribution in [0.4, 0.5) is 0 Å². The number of nitrogens with two attached hydrogens (primary N) is 2. The molecule has 0 saturated carbocycles. The highest BCUT2D eigenvalue weighted by Gasteiger charge is 2.30. The van der Waals surface area contributed by atoms with E-state index in [1.54, 1.807) is 0 Å². The molecular formula is C14H23N5O10. The molecule has 0 heterocycles. The number of nitrogens with one attached hydrogen (secondary N) is 3. The van der Waals surface area contributed by atoms with Crippen LogP contribution in [0.3, 0.4) is 0 Å². The van der Waals surface area contributed by atoms with Gasteiger partial charge in [0, 0.05) is 0 Å². The van der Waals surface area contributed by atoms with Crippen molar-refractivity contribution in [3.05, 3.63) is 0 Å². The maximum Gasteiger partial charge on any atom is 0.326 e. The molecule has 0 rings (SSSR count). The van der Waals surface area contributed by atoms with Gasteiger partial charge in [-0.1, -0.05) is 0 Å². The van der Waals surface area contributed by atoms with Crippen LogP contribution in [0, 0.1) is 0 Å². The van der Waals surface area contributed by atoms with Gasteiger partial charge in [-0.2, -0.15) is 0 Å². The van der Waals surface area contributed by atoms with Crippen molar-refractivity contribution in [3.8, 4) is 0 Å². The lowest BCUT2D eigenvalue weighted by atomic mass is 10.1. The fourth-order valence-corrected chi connectivity index (χ4v) is 1.90. The van der Waals surface area contributed by atoms with Crippen LogP contribution in [-0.4, -0.2) is 93.4 Å². The molecule has 0 saturated heterocycles. The van der Waals surface area contributed by atoms with Gasteiger partial charge in [-0.05, 0) is 0 Å². The molecule has 0 radical (unpaired) electrons. The standard InChI is InChI=1S/C14H23N5O10/c15-5(1-9(16)22)11(25)18-7(3-20)13(27)19-8(4-21)12(26)17-6(14(28)29)2-10(23)24/h5-8,20-21H,1-4,15H2,(H2,16,22)(H,17,26)(H,18,25)(H,19,27)(H,23,24)(H,28,29). The Hall–Kier alpha value is -3.30. The second kappa shape index (κ2) is 12.2. The fourth-order valence-electron chi connectivity index (χ4n) is 1.90. The van der Waals surface area contributed by atoms with Crippen LogP contribution in [0.15, 0.2) is 0 Å². The number of carboxylic acids is 2. The molecule has 29 heavy (non-hydrogen) atoms. The van der Waals surface area contributed by atoms with E-state index in [9.17, 15) is 39.0 Å². The zero-order chi connectivity index (χ0) is 22.7. The Balaban J connectivity index is 5.02. The summed E-state index contributed by atoms with van der Waals surface area (Å²) in [5, 5.41) is 41.8. The summed E-state index contributed by atoms with van der Waals surface area (Å²) in [7, 11) is 0. The number of carboxylic acid groups (broad SMARTS) is 2. The van der Waals surface area contributed by atoms with Crippen molar-refractivity contribution < 1.29 is 49.2 Å². The normalized spacial score (nSPS) is 14.6. The number of carbonyl (C=O) groups is 6. The first kappa shape index (κ1) is 25.7. The Morgan fingerprint density at radius 3 is 1.48 bits per heavy atom. The Labute approximate surface area is 163 Å². The molecule has 11 N–H and O–H groups in total. The summed E-state index contributed by atoms with van der Waals surface area (Å²) in [6.45, 7) is -1.96. The monoisotopic (exact) mass is 421 g/mol. The molecular weight excluding hydrogens is 398 g/mol. The highest BCUT2D eigenvalue weighted by Crippen LogP contribution is 1.97. The Morgan fingerprint density at radius 2 is 1.14 bits per heavy atom. The molecule has 4 atom stereocenters. The number of aliphatic hydroxyl groups excluding tert-OH is 2. The average molecular weight is 421 g/mol. The first-order valence-corrected chi connectivity index (χ1v) is 8.04. The van der Waals surface area contributed by atoms with E-state index in [0.717, 1.165) is 0 Å². The summed E-state index contributed by atoms with van der Waals surface area (Å²) in [5.41, 5.74) is 10.3. The van der Waals surface area contributed by atoms with Crippen LogP contribution in [0.2, 0.25) is 0 Å². The van der Waals surface area contributed by atoms with Crippen molar-refractivity contribution in [2.75, 3.05) is 13.2 Å². The lowest BCUT2D eigenvalue weighted by Gasteiger charge is -2.23. The molecule has 4 unspecified atom stereocenters. The quantitative estimate of drug-likeness (QED) is 0.135. The van der Waals surface area contributed by atoms with E-state index < -0.39 is 85.8 Å². The summed E-state index contributed by atoms with van der Waals surface area (Å²) in [5.74, 6) is -7.43. The van der Waals surface area contributed by atoms with Gasteiger partial charge < -0.3 is 47.8 Å². The minimum absolute atomic E-state index is 0.534. The second-order valence-electron chi connectivity index (χ2n) is 5.76. The third-order valence-corrected chi connectivity index (χ3v) is 3.38. The highest BCUT2D eigenvalue weighted by molar-refractivity contribution is 5.95. The number of primary amides is 1. The zero-order valence-corrected chi connectivity index (χ0v) is 15.0. The van der Waals surface area contributed by atoms with Gasteiger partial charge in [0.1, 0.15) is 18.1 Å². The first-order valence-electron chi connectivity index (χ1n) is 8.04. The Bertz CT molecular complexity index is 655. The van der Waals surface area contributed by atoms with E-state index in [1.807, 2.05) is 16.0 Å². The van der Waals surface area contributed by atoms with Crippen molar-refractivity contribution in [1.82, 2.24) is 16.0 Å². The number of amides is 4. The molecule has 0 spiro atoms. The molecule has 0 bridgehead atoms. The lowest BCUT2D eigenvalue weighted by molar-refractivity contribution is -0.147. The molecule has 0 aliphatic rings. The van der Waals surface area contributed by atoms with Gasteiger partial charge in [-0.3, -0.25) is 24.0 Å². The lowest BCUT2D eigenvalue weighted by Crippen LogP contribution is -2.59. The van der Waals surface area contributed by atoms with E-state index >= 15 is 0 Å². The largest absolute Gasteiger partial charge is 0.481 e. The SMILES string of the molecule is NC(=O)CC(N)C(=O)NC(CO)C(=O)NC(CO)C(=O)NC(CC(=O)O)C(=O)O. The molecule has 0 aromatic rings. The molecule has 0 fully saturated rings. The Kier molecular flexibility index (Phi) is 10.8. The molecule has 0 aromatic carbocycles. The number of rotatable bonds is 13. The second-order valence-corrected chi connectivity index (χ2v) is 5.76. The number of aliphatic hydroxyl groups is 2. The van der Waals surface area contributed by atoms with Crippen molar-refractivity contribution >= 4 is 35.6 Å². The molecule has 15 nitrogen and oxygen atoms in total. The van der Waals surface area contributed by atoms with Gasteiger partial charge in [0.2, 0.25) is 23.6 Å². The van der Waals surface area contributed by atoms with Crippen LogP contribution < -0.4 is 27.4 Å². The minimum atomic E-state index is -1.83. The van der Waals surface area contributed by atoms with Gasteiger partial charge in [0.15, 0.2) is 0 Å². The summed E-state index contributed by atoms with van der Waals surface area (Å²) in [4.78, 5) is 68.2. The summed E-state index contributed by atoms with van der Waals surface area (Å²) >= 11 is 0. The molecule has 0 aliphatic heterocycles. The van der Waals surface area contributed by atoms with Crippen molar-refractivity contribution in [2.45, 2.75) is 37.0 Å². The van der Waals surface area contributed by atoms with E-state index in [0.29, 0.717) is 0 Å². The zero-order valence-electron chi connectivity index (χ0n) is 15.0. The smallest absolute Gasteiger partial charge is 0.326 e. The van der Waals surface area contributed by atoms with Crippen LogP contribution in [0.1, 0.15) is 12.8 Å². The summed E-state index contributed by atoms with van der Waals surface area (Å²) < 4.78 is 0. The topological polar surface area (TPSA) is 271 Å². The number of aliphatic carboxylic acids is 2. The van der Waals surface area contributed by atoms with Crippen LogP contribution in [0.25, 0.3) is 0 Å². The van der Waals surface area contributed by atoms with Gasteiger partial charge in [0.05, 0.1) is 32.1 Å². The number of hydrogen-bond acceptors (Lipinski definition) is 9.